The summed E-state index contributed by atoms with van der Waals surface area (Å²) in [7, 11) is 0. The molecule has 0 spiro atoms. The third kappa shape index (κ3) is 5.47. The predicted octanol–water partition coefficient (Wildman–Crippen LogP) is 3.05. The van der Waals surface area contributed by atoms with Gasteiger partial charge in [0, 0.05) is 25.0 Å². The molecular weight excluding hydrogens is 296 g/mol. The summed E-state index contributed by atoms with van der Waals surface area (Å²) in [4.78, 5) is 14.7. The molecule has 0 saturated carbocycles. The molecule has 0 unspecified atom stereocenters. The van der Waals surface area contributed by atoms with E-state index in [1.807, 2.05) is 29.2 Å². The highest BCUT2D eigenvalue weighted by molar-refractivity contribution is 5.85. The molecule has 0 radical (unpaired) electrons. The smallest absolute Gasteiger partial charge is 0.226 e. The van der Waals surface area contributed by atoms with Crippen LogP contribution in [0.2, 0.25) is 0 Å². The fraction of sp³-hybridized carbons (Fsp3) is 0.500. The molecule has 122 valence electrons. The molecule has 1 heterocycles. The van der Waals surface area contributed by atoms with Crippen LogP contribution >= 0.6 is 12.4 Å². The number of hydrogen-bond donors (Lipinski definition) is 1. The number of carbonyl (C=O) groups excluding carboxylic acids is 1. The molecule has 22 heavy (non-hydrogen) atoms. The number of nitrogens with zero attached hydrogens (tertiary/aromatic N) is 1. The van der Waals surface area contributed by atoms with Gasteiger partial charge in [0.1, 0.15) is 0 Å². The van der Waals surface area contributed by atoms with Crippen LogP contribution in [0.3, 0.4) is 0 Å². The standard InChI is InChI=1S/C18H26N2O.ClH/c1-3-12-20(13-10-16-7-5-4-6-8-16)18(21)17-9-11-19-15(2)14-17;/h3-8,15,17,19H,1,9-14H2,2H3;1H/t15-,17-;/m0./s1. The van der Waals surface area contributed by atoms with Crippen molar-refractivity contribution in [2.45, 2.75) is 32.2 Å². The van der Waals surface area contributed by atoms with Crippen molar-refractivity contribution in [1.82, 2.24) is 10.2 Å². The SMILES string of the molecule is C=CCN(CCc1ccccc1)C(=O)[C@H]1CCN[C@@H](C)C1.Cl. The summed E-state index contributed by atoms with van der Waals surface area (Å²) in [5, 5.41) is 3.40. The van der Waals surface area contributed by atoms with Crippen LogP contribution in [0.5, 0.6) is 0 Å². The number of hydrogen-bond acceptors (Lipinski definition) is 2. The van der Waals surface area contributed by atoms with E-state index in [0.717, 1.165) is 32.4 Å². The molecule has 1 aromatic carbocycles. The van der Waals surface area contributed by atoms with Crippen LogP contribution in [-0.4, -0.2) is 36.5 Å². The number of benzene rings is 1. The molecule has 3 nitrogen and oxygen atoms in total. The zero-order valence-corrected chi connectivity index (χ0v) is 14.1. The second kappa shape index (κ2) is 9.65. The minimum absolute atomic E-state index is 0. The molecule has 1 aromatic rings. The number of carbonyl (C=O) groups is 1. The maximum absolute atomic E-state index is 12.7. The maximum atomic E-state index is 12.7. The molecule has 0 aliphatic carbocycles. The summed E-state index contributed by atoms with van der Waals surface area (Å²) in [5.74, 6) is 0.455. The summed E-state index contributed by atoms with van der Waals surface area (Å²) >= 11 is 0. The van der Waals surface area contributed by atoms with Crippen LogP contribution in [0.25, 0.3) is 0 Å². The van der Waals surface area contributed by atoms with Crippen molar-refractivity contribution in [3.8, 4) is 0 Å². The Balaban J connectivity index is 0.00000242. The van der Waals surface area contributed by atoms with Gasteiger partial charge in [-0.15, -0.1) is 19.0 Å². The van der Waals surface area contributed by atoms with E-state index in [2.05, 4.69) is 31.0 Å². The quantitative estimate of drug-likeness (QED) is 0.816. The van der Waals surface area contributed by atoms with Gasteiger partial charge < -0.3 is 10.2 Å². The van der Waals surface area contributed by atoms with E-state index in [-0.39, 0.29) is 18.3 Å². The van der Waals surface area contributed by atoms with Crippen molar-refractivity contribution in [3.05, 3.63) is 48.6 Å². The Kier molecular flexibility index (Phi) is 8.21. The average Bonchev–Trinajstić information content (AvgIpc) is 2.52. The first-order valence-corrected chi connectivity index (χ1v) is 7.87. The number of piperidine rings is 1. The Bertz CT molecular complexity index is 463. The van der Waals surface area contributed by atoms with Gasteiger partial charge in [0.05, 0.1) is 0 Å². The van der Waals surface area contributed by atoms with Gasteiger partial charge in [0.25, 0.3) is 0 Å². The highest BCUT2D eigenvalue weighted by atomic mass is 35.5. The van der Waals surface area contributed by atoms with Crippen LogP contribution in [-0.2, 0) is 11.2 Å². The second-order valence-electron chi connectivity index (χ2n) is 5.88. The Hall–Kier alpha value is -1.32. The Morgan fingerprint density at radius 2 is 2.14 bits per heavy atom. The zero-order valence-electron chi connectivity index (χ0n) is 13.3. The van der Waals surface area contributed by atoms with E-state index < -0.39 is 0 Å². The molecule has 1 amide bonds. The summed E-state index contributed by atoms with van der Waals surface area (Å²) in [6.07, 6.45) is 4.62. The fourth-order valence-corrected chi connectivity index (χ4v) is 2.97. The molecule has 4 heteroatoms. The monoisotopic (exact) mass is 322 g/mol. The highest BCUT2D eigenvalue weighted by Crippen LogP contribution is 2.19. The topological polar surface area (TPSA) is 32.3 Å². The van der Waals surface area contributed by atoms with Crippen LogP contribution in [0.4, 0.5) is 0 Å². The number of amides is 1. The minimum atomic E-state index is 0. The van der Waals surface area contributed by atoms with Crippen molar-refractivity contribution >= 4 is 18.3 Å². The molecule has 1 aliphatic rings. The molecule has 0 aromatic heterocycles. The van der Waals surface area contributed by atoms with Gasteiger partial charge in [-0.1, -0.05) is 36.4 Å². The number of halogens is 1. The van der Waals surface area contributed by atoms with Gasteiger partial charge in [-0.3, -0.25) is 4.79 Å². The number of rotatable bonds is 6. The summed E-state index contributed by atoms with van der Waals surface area (Å²) in [6.45, 7) is 8.30. The predicted molar refractivity (Wildman–Crippen MR) is 94.4 cm³/mol. The third-order valence-corrected chi connectivity index (χ3v) is 4.15. The van der Waals surface area contributed by atoms with Crippen molar-refractivity contribution < 1.29 is 4.79 Å². The van der Waals surface area contributed by atoms with Crippen molar-refractivity contribution in [2.24, 2.45) is 5.92 Å². The first-order chi connectivity index (χ1) is 10.2. The molecule has 2 rings (SSSR count). The Morgan fingerprint density at radius 1 is 1.41 bits per heavy atom. The summed E-state index contributed by atoms with van der Waals surface area (Å²) in [5.41, 5.74) is 1.28. The van der Waals surface area contributed by atoms with E-state index in [1.165, 1.54) is 5.56 Å². The van der Waals surface area contributed by atoms with Crippen molar-refractivity contribution in [3.63, 3.8) is 0 Å². The van der Waals surface area contributed by atoms with Gasteiger partial charge in [-0.05, 0) is 38.3 Å². The molecular formula is C18H27ClN2O. The first kappa shape index (κ1) is 18.7. The molecule has 2 atom stereocenters. The molecule has 1 N–H and O–H groups in total. The first-order valence-electron chi connectivity index (χ1n) is 7.87. The lowest BCUT2D eigenvalue weighted by molar-refractivity contribution is -0.136. The van der Waals surface area contributed by atoms with Crippen LogP contribution < -0.4 is 5.32 Å². The maximum Gasteiger partial charge on any atom is 0.226 e. The van der Waals surface area contributed by atoms with Crippen molar-refractivity contribution in [2.75, 3.05) is 19.6 Å². The van der Waals surface area contributed by atoms with Gasteiger partial charge in [0.15, 0.2) is 0 Å². The molecule has 0 bridgehead atoms. The van der Waals surface area contributed by atoms with Crippen LogP contribution in [0.15, 0.2) is 43.0 Å². The fourth-order valence-electron chi connectivity index (χ4n) is 2.97. The zero-order chi connectivity index (χ0) is 15.1. The third-order valence-electron chi connectivity index (χ3n) is 4.15. The lowest BCUT2D eigenvalue weighted by Gasteiger charge is -2.31. The Morgan fingerprint density at radius 3 is 2.77 bits per heavy atom. The Labute approximate surface area is 140 Å². The van der Waals surface area contributed by atoms with E-state index in [9.17, 15) is 4.79 Å². The lowest BCUT2D eigenvalue weighted by atomic mass is 9.92. The minimum Gasteiger partial charge on any atom is -0.338 e. The summed E-state index contributed by atoms with van der Waals surface area (Å²) in [6, 6.07) is 10.8. The van der Waals surface area contributed by atoms with Crippen LogP contribution in [0, 0.1) is 5.92 Å². The van der Waals surface area contributed by atoms with Gasteiger partial charge in [0.2, 0.25) is 5.91 Å². The van der Waals surface area contributed by atoms with Gasteiger partial charge in [-0.25, -0.2) is 0 Å². The second-order valence-corrected chi connectivity index (χ2v) is 5.88. The van der Waals surface area contributed by atoms with Gasteiger partial charge >= 0.3 is 0 Å². The van der Waals surface area contributed by atoms with E-state index in [4.69, 9.17) is 0 Å². The van der Waals surface area contributed by atoms with Crippen LogP contribution in [0.1, 0.15) is 25.3 Å². The van der Waals surface area contributed by atoms with E-state index >= 15 is 0 Å². The lowest BCUT2D eigenvalue weighted by Crippen LogP contribution is -2.44. The largest absolute Gasteiger partial charge is 0.338 e. The van der Waals surface area contributed by atoms with Crippen molar-refractivity contribution in [1.29, 1.82) is 0 Å². The average molecular weight is 323 g/mol. The number of nitrogens with one attached hydrogen (secondary N) is 1. The van der Waals surface area contributed by atoms with E-state index in [0.29, 0.717) is 18.5 Å². The molecule has 1 fully saturated rings. The normalized spacial score (nSPS) is 20.8. The van der Waals surface area contributed by atoms with Gasteiger partial charge in [-0.2, -0.15) is 0 Å². The highest BCUT2D eigenvalue weighted by Gasteiger charge is 2.27. The summed E-state index contributed by atoms with van der Waals surface area (Å²) < 4.78 is 0. The van der Waals surface area contributed by atoms with E-state index in [1.54, 1.807) is 0 Å². The molecule has 1 saturated heterocycles. The molecule has 1 aliphatic heterocycles.